The van der Waals surface area contributed by atoms with Gasteiger partial charge in [-0.15, -0.1) is 0 Å². The van der Waals surface area contributed by atoms with E-state index < -0.39 is 11.6 Å². The number of carbonyl (C=O) groups is 1. The molecule has 0 bridgehead atoms. The Labute approximate surface area is 170 Å². The van der Waals surface area contributed by atoms with E-state index in [-0.39, 0.29) is 18.1 Å². The van der Waals surface area contributed by atoms with Crippen molar-refractivity contribution in [2.75, 3.05) is 17.3 Å². The number of aromatic nitrogens is 3. The van der Waals surface area contributed by atoms with E-state index in [1.165, 1.54) is 0 Å². The van der Waals surface area contributed by atoms with Gasteiger partial charge >= 0.3 is 0 Å². The number of methoxy groups -OCH3 is 1. The number of pyridine rings is 1. The molecule has 1 atom stereocenters. The lowest BCUT2D eigenvalue weighted by Gasteiger charge is -2.41. The second kappa shape index (κ2) is 7.68. The van der Waals surface area contributed by atoms with Crippen molar-refractivity contribution in [3.8, 4) is 0 Å². The highest BCUT2D eigenvalue weighted by atomic mass is 16.5. The zero-order valence-corrected chi connectivity index (χ0v) is 17.0. The van der Waals surface area contributed by atoms with Gasteiger partial charge in [0, 0.05) is 37.3 Å². The number of anilines is 2. The van der Waals surface area contributed by atoms with E-state index in [9.17, 15) is 9.90 Å². The Kier molecular flexibility index (Phi) is 5.23. The van der Waals surface area contributed by atoms with Gasteiger partial charge in [0.1, 0.15) is 11.6 Å². The van der Waals surface area contributed by atoms with Crippen molar-refractivity contribution in [3.05, 3.63) is 42.0 Å². The first-order valence-electron chi connectivity index (χ1n) is 10.0. The normalized spacial score (nSPS) is 24.8. The number of carbonyl (C=O) groups excluding carboxylic acids is 1. The fourth-order valence-electron chi connectivity index (χ4n) is 4.11. The number of aliphatic hydroxyl groups is 1. The minimum Gasteiger partial charge on any atom is -0.384 e. The first-order chi connectivity index (χ1) is 13.9. The molecule has 1 amide bonds. The van der Waals surface area contributed by atoms with Crippen molar-refractivity contribution in [1.29, 1.82) is 0 Å². The third-order valence-corrected chi connectivity index (χ3v) is 5.76. The van der Waals surface area contributed by atoms with E-state index in [0.717, 1.165) is 31.2 Å². The predicted octanol–water partition coefficient (Wildman–Crippen LogP) is 2.56. The van der Waals surface area contributed by atoms with Gasteiger partial charge in [-0.2, -0.15) is 0 Å². The van der Waals surface area contributed by atoms with Gasteiger partial charge in [0.15, 0.2) is 11.6 Å². The van der Waals surface area contributed by atoms with Crippen LogP contribution in [-0.4, -0.2) is 45.2 Å². The minimum absolute atomic E-state index is 0.0586. The number of fused-ring (bicyclic) bond motifs is 1. The van der Waals surface area contributed by atoms with Gasteiger partial charge in [-0.25, -0.2) is 9.97 Å². The van der Waals surface area contributed by atoms with Crippen molar-refractivity contribution in [1.82, 2.24) is 15.0 Å². The Morgan fingerprint density at radius 2 is 1.86 bits per heavy atom. The van der Waals surface area contributed by atoms with Crippen LogP contribution in [0.3, 0.4) is 0 Å². The summed E-state index contributed by atoms with van der Waals surface area (Å²) in [5.74, 6) is 1.12. The summed E-state index contributed by atoms with van der Waals surface area (Å²) in [5.41, 5.74) is 0.251. The van der Waals surface area contributed by atoms with Crippen LogP contribution >= 0.6 is 0 Å². The number of rotatable bonds is 4. The quantitative estimate of drug-likeness (QED) is 0.818. The highest BCUT2D eigenvalue weighted by Gasteiger charge is 2.40. The lowest BCUT2D eigenvalue weighted by molar-refractivity contribution is -0.120. The molecule has 2 aliphatic rings. The van der Waals surface area contributed by atoms with Crippen LogP contribution in [0.15, 0.2) is 30.7 Å². The molecule has 0 spiro atoms. The molecule has 0 aromatic carbocycles. The van der Waals surface area contributed by atoms with Crippen LogP contribution in [0.4, 0.5) is 11.6 Å². The summed E-state index contributed by atoms with van der Waals surface area (Å²) < 4.78 is 5.48. The van der Waals surface area contributed by atoms with E-state index >= 15 is 0 Å². The highest BCUT2D eigenvalue weighted by molar-refractivity contribution is 6.04. The topological polar surface area (TPSA) is 100 Å². The van der Waals surface area contributed by atoms with Crippen LogP contribution in [0.5, 0.6) is 0 Å². The van der Waals surface area contributed by atoms with Crippen LogP contribution in [-0.2, 0) is 15.1 Å². The van der Waals surface area contributed by atoms with Gasteiger partial charge in [0.25, 0.3) is 5.91 Å². The molecule has 3 heterocycles. The van der Waals surface area contributed by atoms with Crippen LogP contribution in [0.1, 0.15) is 56.8 Å². The Morgan fingerprint density at radius 3 is 2.48 bits per heavy atom. The van der Waals surface area contributed by atoms with Gasteiger partial charge in [-0.3, -0.25) is 14.7 Å². The van der Waals surface area contributed by atoms with E-state index in [2.05, 4.69) is 20.3 Å². The number of nitrogens with zero attached hydrogens (tertiary/aromatic N) is 4. The lowest BCUT2D eigenvalue weighted by Crippen LogP contribution is -2.50. The SMILES string of the molecule is COC1CCC(N2C(=O)C(c3ccc(C(C)(C)O)nc3)Nc3nccnc32)CC1. The summed E-state index contributed by atoms with van der Waals surface area (Å²) in [6.07, 6.45) is 8.69. The number of hydrogen-bond donors (Lipinski definition) is 2. The smallest absolute Gasteiger partial charge is 0.255 e. The second-order valence-electron chi connectivity index (χ2n) is 8.22. The van der Waals surface area contributed by atoms with Crippen LogP contribution in [0.2, 0.25) is 0 Å². The summed E-state index contributed by atoms with van der Waals surface area (Å²) in [5, 5.41) is 13.4. The molecule has 154 valence electrons. The molecule has 0 saturated heterocycles. The molecule has 1 aliphatic carbocycles. The molecule has 1 fully saturated rings. The van der Waals surface area contributed by atoms with Gasteiger partial charge in [-0.05, 0) is 45.6 Å². The average Bonchev–Trinajstić information content (AvgIpc) is 2.73. The molecule has 4 rings (SSSR count). The first-order valence-corrected chi connectivity index (χ1v) is 10.0. The van der Waals surface area contributed by atoms with Crippen LogP contribution in [0, 0.1) is 0 Å². The largest absolute Gasteiger partial charge is 0.384 e. The Balaban J connectivity index is 1.65. The summed E-state index contributed by atoms with van der Waals surface area (Å²) in [7, 11) is 1.74. The number of hydrogen-bond acceptors (Lipinski definition) is 7. The zero-order valence-electron chi connectivity index (χ0n) is 17.0. The fourth-order valence-corrected chi connectivity index (χ4v) is 4.11. The van der Waals surface area contributed by atoms with E-state index in [1.54, 1.807) is 50.5 Å². The maximum absolute atomic E-state index is 13.5. The summed E-state index contributed by atoms with van der Waals surface area (Å²) in [4.78, 5) is 28.5. The van der Waals surface area contributed by atoms with Crippen molar-refractivity contribution >= 4 is 17.5 Å². The molecule has 2 aromatic rings. The highest BCUT2D eigenvalue weighted by Crippen LogP contribution is 2.38. The van der Waals surface area contributed by atoms with Crippen molar-refractivity contribution in [2.24, 2.45) is 0 Å². The summed E-state index contributed by atoms with van der Waals surface area (Å²) in [6, 6.07) is 3.06. The summed E-state index contributed by atoms with van der Waals surface area (Å²) in [6.45, 7) is 3.37. The second-order valence-corrected chi connectivity index (χ2v) is 8.22. The van der Waals surface area contributed by atoms with Crippen molar-refractivity contribution in [3.63, 3.8) is 0 Å². The maximum Gasteiger partial charge on any atom is 0.255 e. The average molecular weight is 397 g/mol. The molecular weight excluding hydrogens is 370 g/mol. The van der Waals surface area contributed by atoms with Gasteiger partial charge in [0.2, 0.25) is 0 Å². The monoisotopic (exact) mass is 397 g/mol. The Hall–Kier alpha value is -2.58. The molecule has 2 aromatic heterocycles. The van der Waals surface area contributed by atoms with Gasteiger partial charge in [-0.1, -0.05) is 6.07 Å². The van der Waals surface area contributed by atoms with Crippen LogP contribution in [0.25, 0.3) is 0 Å². The van der Waals surface area contributed by atoms with Gasteiger partial charge in [0.05, 0.1) is 11.8 Å². The molecule has 8 nitrogen and oxygen atoms in total. The maximum atomic E-state index is 13.5. The zero-order chi connectivity index (χ0) is 20.6. The van der Waals surface area contributed by atoms with Crippen molar-refractivity contribution in [2.45, 2.75) is 63.3 Å². The van der Waals surface area contributed by atoms with E-state index in [0.29, 0.717) is 17.3 Å². The fraction of sp³-hybridized carbons (Fsp3) is 0.524. The third-order valence-electron chi connectivity index (χ3n) is 5.76. The molecular formula is C21H27N5O3. The van der Waals surface area contributed by atoms with Crippen molar-refractivity contribution < 1.29 is 14.6 Å². The molecule has 1 saturated carbocycles. The molecule has 2 N–H and O–H groups in total. The Bertz CT molecular complexity index is 873. The molecule has 1 aliphatic heterocycles. The minimum atomic E-state index is -1.04. The number of amides is 1. The molecule has 8 heteroatoms. The van der Waals surface area contributed by atoms with Gasteiger partial charge < -0.3 is 15.2 Å². The predicted molar refractivity (Wildman–Crippen MR) is 108 cm³/mol. The van der Waals surface area contributed by atoms with Crippen LogP contribution < -0.4 is 10.2 Å². The molecule has 0 radical (unpaired) electrons. The summed E-state index contributed by atoms with van der Waals surface area (Å²) >= 11 is 0. The van der Waals surface area contributed by atoms with E-state index in [1.807, 2.05) is 6.07 Å². The lowest BCUT2D eigenvalue weighted by atomic mass is 9.90. The van der Waals surface area contributed by atoms with E-state index in [4.69, 9.17) is 4.74 Å². The number of nitrogens with one attached hydrogen (secondary N) is 1. The third kappa shape index (κ3) is 3.82. The Morgan fingerprint density at radius 1 is 1.14 bits per heavy atom. The molecule has 1 unspecified atom stereocenters. The number of ether oxygens (including phenoxy) is 1. The standard InChI is InChI=1S/C21H27N5O3/c1-21(2,28)16-9-4-13(12-24-16)17-20(27)26(14-5-7-15(29-3)8-6-14)19-18(25-17)22-10-11-23-19/h4,9-12,14-15,17,28H,5-8H2,1-3H3,(H,22,25). The first kappa shape index (κ1) is 19.7. The molecule has 29 heavy (non-hydrogen) atoms.